The number of halogens is 2. The summed E-state index contributed by atoms with van der Waals surface area (Å²) in [6, 6.07) is 6.38. The SMILES string of the molecule is NC(=O)c1ccc(Sc2cc(F)ccc2F)c([N+](=O)[O-])c1. The first-order chi connectivity index (χ1) is 9.88. The number of hydrogen-bond donors (Lipinski definition) is 1. The molecule has 1 amide bonds. The van der Waals surface area contributed by atoms with Crippen molar-refractivity contribution in [3.8, 4) is 0 Å². The second kappa shape index (κ2) is 5.88. The zero-order chi connectivity index (χ0) is 15.6. The fraction of sp³-hybridized carbons (Fsp3) is 0. The maximum absolute atomic E-state index is 13.6. The molecule has 0 heterocycles. The Bertz CT molecular complexity index is 737. The van der Waals surface area contributed by atoms with Crippen LogP contribution in [0.15, 0.2) is 46.2 Å². The van der Waals surface area contributed by atoms with Crippen LogP contribution in [0.1, 0.15) is 10.4 Å². The Kier molecular flexibility index (Phi) is 4.18. The van der Waals surface area contributed by atoms with Crippen molar-refractivity contribution in [2.75, 3.05) is 0 Å². The molecule has 2 rings (SSSR count). The van der Waals surface area contributed by atoms with Crippen LogP contribution in [0.4, 0.5) is 14.5 Å². The van der Waals surface area contributed by atoms with Gasteiger partial charge in [0.05, 0.1) is 14.7 Å². The van der Waals surface area contributed by atoms with Crippen LogP contribution in [0.5, 0.6) is 0 Å². The van der Waals surface area contributed by atoms with E-state index in [9.17, 15) is 23.7 Å². The van der Waals surface area contributed by atoms with Gasteiger partial charge in [-0.1, -0.05) is 11.8 Å². The number of rotatable bonds is 4. The van der Waals surface area contributed by atoms with Crippen molar-refractivity contribution in [2.45, 2.75) is 9.79 Å². The van der Waals surface area contributed by atoms with Gasteiger partial charge in [-0.3, -0.25) is 14.9 Å². The van der Waals surface area contributed by atoms with E-state index < -0.39 is 28.2 Å². The normalized spacial score (nSPS) is 10.4. The van der Waals surface area contributed by atoms with Gasteiger partial charge in [-0.05, 0) is 30.3 Å². The molecule has 0 spiro atoms. The minimum absolute atomic E-state index is 0.0363. The van der Waals surface area contributed by atoms with E-state index in [1.165, 1.54) is 12.1 Å². The minimum Gasteiger partial charge on any atom is -0.366 e. The van der Waals surface area contributed by atoms with Crippen molar-refractivity contribution in [2.24, 2.45) is 5.73 Å². The summed E-state index contributed by atoms with van der Waals surface area (Å²) in [5.74, 6) is -2.17. The molecule has 0 bridgehead atoms. The van der Waals surface area contributed by atoms with Gasteiger partial charge in [-0.2, -0.15) is 0 Å². The van der Waals surface area contributed by atoms with Gasteiger partial charge in [-0.25, -0.2) is 8.78 Å². The number of benzene rings is 2. The lowest BCUT2D eigenvalue weighted by Gasteiger charge is -2.05. The monoisotopic (exact) mass is 310 g/mol. The van der Waals surface area contributed by atoms with Crippen LogP contribution in [0, 0.1) is 21.7 Å². The number of primary amides is 1. The predicted octanol–water partition coefficient (Wildman–Crippen LogP) is 3.12. The number of nitrogens with zero attached hydrogens (tertiary/aromatic N) is 1. The molecule has 0 saturated carbocycles. The molecule has 0 fully saturated rings. The molecule has 0 aliphatic carbocycles. The van der Waals surface area contributed by atoms with Crippen LogP contribution in [0.3, 0.4) is 0 Å². The Balaban J connectivity index is 2.46. The summed E-state index contributed by atoms with van der Waals surface area (Å²) in [6.45, 7) is 0. The summed E-state index contributed by atoms with van der Waals surface area (Å²) >= 11 is 0.695. The highest BCUT2D eigenvalue weighted by Crippen LogP contribution is 2.36. The van der Waals surface area contributed by atoms with E-state index in [2.05, 4.69) is 0 Å². The second-order valence-electron chi connectivity index (χ2n) is 3.98. The molecule has 0 aliphatic rings. The van der Waals surface area contributed by atoms with E-state index in [4.69, 9.17) is 5.73 Å². The first-order valence-corrected chi connectivity index (χ1v) is 6.41. The molecule has 0 atom stereocenters. The molecule has 0 aromatic heterocycles. The first kappa shape index (κ1) is 14.9. The molecule has 8 heteroatoms. The first-order valence-electron chi connectivity index (χ1n) is 5.59. The van der Waals surface area contributed by atoms with Crippen molar-refractivity contribution in [1.29, 1.82) is 0 Å². The highest BCUT2D eigenvalue weighted by Gasteiger charge is 2.19. The van der Waals surface area contributed by atoms with E-state index >= 15 is 0 Å². The summed E-state index contributed by atoms with van der Waals surface area (Å²) in [6.07, 6.45) is 0. The van der Waals surface area contributed by atoms with Gasteiger partial charge in [0.25, 0.3) is 5.69 Å². The van der Waals surface area contributed by atoms with Gasteiger partial charge in [-0.15, -0.1) is 0 Å². The maximum Gasteiger partial charge on any atom is 0.284 e. The summed E-state index contributed by atoms with van der Waals surface area (Å²) in [5, 5.41) is 11.0. The van der Waals surface area contributed by atoms with E-state index in [1.54, 1.807) is 0 Å². The molecule has 0 aliphatic heterocycles. The molecular weight excluding hydrogens is 302 g/mol. The number of amides is 1. The van der Waals surface area contributed by atoms with Gasteiger partial charge in [0.15, 0.2) is 0 Å². The lowest BCUT2D eigenvalue weighted by Crippen LogP contribution is -2.11. The Morgan fingerprint density at radius 1 is 1.14 bits per heavy atom. The molecule has 108 valence electrons. The molecule has 2 aromatic carbocycles. The third-order valence-corrected chi connectivity index (χ3v) is 3.65. The van der Waals surface area contributed by atoms with Gasteiger partial charge < -0.3 is 5.73 Å². The topological polar surface area (TPSA) is 86.2 Å². The smallest absolute Gasteiger partial charge is 0.284 e. The Morgan fingerprint density at radius 3 is 2.48 bits per heavy atom. The summed E-state index contributed by atoms with van der Waals surface area (Å²) in [5.41, 5.74) is 4.61. The van der Waals surface area contributed by atoms with Crippen LogP contribution in [0.2, 0.25) is 0 Å². The summed E-state index contributed by atoms with van der Waals surface area (Å²) in [4.78, 5) is 21.3. The highest BCUT2D eigenvalue weighted by molar-refractivity contribution is 7.99. The van der Waals surface area contributed by atoms with Crippen molar-refractivity contribution < 1.29 is 18.5 Å². The fourth-order valence-electron chi connectivity index (χ4n) is 1.57. The molecule has 2 aromatic rings. The van der Waals surface area contributed by atoms with Gasteiger partial charge >= 0.3 is 0 Å². The summed E-state index contributed by atoms with van der Waals surface area (Å²) in [7, 11) is 0. The molecule has 5 nitrogen and oxygen atoms in total. The molecule has 0 unspecified atom stereocenters. The molecule has 2 N–H and O–H groups in total. The van der Waals surface area contributed by atoms with Crippen LogP contribution >= 0.6 is 11.8 Å². The van der Waals surface area contributed by atoms with Gasteiger partial charge in [0, 0.05) is 11.6 Å². The van der Waals surface area contributed by atoms with Crippen LogP contribution in [-0.2, 0) is 0 Å². The van der Waals surface area contributed by atoms with E-state index in [1.807, 2.05) is 0 Å². The molecular formula is C13H8F2N2O3S. The quantitative estimate of drug-likeness (QED) is 0.694. The predicted molar refractivity (Wildman–Crippen MR) is 72.1 cm³/mol. The number of carbonyl (C=O) groups excluding carboxylic acids is 1. The van der Waals surface area contributed by atoms with E-state index in [0.29, 0.717) is 11.8 Å². The fourth-order valence-corrected chi connectivity index (χ4v) is 2.52. The van der Waals surface area contributed by atoms with Crippen molar-refractivity contribution in [1.82, 2.24) is 0 Å². The lowest BCUT2D eigenvalue weighted by atomic mass is 10.2. The number of hydrogen-bond acceptors (Lipinski definition) is 4. The number of nitrogens with two attached hydrogens (primary N) is 1. The summed E-state index contributed by atoms with van der Waals surface area (Å²) < 4.78 is 26.7. The van der Waals surface area contributed by atoms with Crippen LogP contribution in [-0.4, -0.2) is 10.8 Å². The van der Waals surface area contributed by atoms with Gasteiger partial charge in [0.1, 0.15) is 11.6 Å². The average molecular weight is 310 g/mol. The highest BCUT2D eigenvalue weighted by atomic mass is 32.2. The number of nitro benzene ring substituents is 1. The molecule has 0 radical (unpaired) electrons. The molecule has 21 heavy (non-hydrogen) atoms. The zero-order valence-electron chi connectivity index (χ0n) is 10.4. The lowest BCUT2D eigenvalue weighted by molar-refractivity contribution is -0.387. The third kappa shape index (κ3) is 3.34. The Morgan fingerprint density at radius 2 is 1.86 bits per heavy atom. The number of nitro groups is 1. The Labute approximate surface area is 121 Å². The average Bonchev–Trinajstić information content (AvgIpc) is 2.42. The Hall–Kier alpha value is -2.48. The minimum atomic E-state index is -0.813. The second-order valence-corrected chi connectivity index (χ2v) is 5.06. The zero-order valence-corrected chi connectivity index (χ0v) is 11.2. The molecule has 0 saturated heterocycles. The largest absolute Gasteiger partial charge is 0.366 e. The van der Waals surface area contributed by atoms with Crippen molar-refractivity contribution in [3.63, 3.8) is 0 Å². The maximum atomic E-state index is 13.6. The van der Waals surface area contributed by atoms with Crippen LogP contribution < -0.4 is 5.73 Å². The van der Waals surface area contributed by atoms with E-state index in [-0.39, 0.29) is 15.4 Å². The van der Waals surface area contributed by atoms with Crippen LogP contribution in [0.25, 0.3) is 0 Å². The van der Waals surface area contributed by atoms with Gasteiger partial charge in [0.2, 0.25) is 5.91 Å². The van der Waals surface area contributed by atoms with E-state index in [0.717, 1.165) is 24.3 Å². The standard InChI is InChI=1S/C13H8F2N2O3S/c14-8-2-3-9(15)12(6-8)21-11-4-1-7(13(16)18)5-10(11)17(19)20/h1-6H,(H2,16,18). The van der Waals surface area contributed by atoms with Crippen molar-refractivity contribution >= 4 is 23.4 Å². The van der Waals surface area contributed by atoms with Crippen molar-refractivity contribution in [3.05, 3.63) is 63.7 Å². The third-order valence-electron chi connectivity index (χ3n) is 2.55. The number of carbonyl (C=O) groups is 1.